The number of aliphatic hydroxyl groups is 2. The maximum absolute atomic E-state index is 11.7. The number of carbonyl (C=O) groups is 1. The number of hydrogen-bond donors (Lipinski definition) is 2. The summed E-state index contributed by atoms with van der Waals surface area (Å²) in [6.45, 7) is 2.96. The normalized spacial score (nSPS) is 14.2. The van der Waals surface area contributed by atoms with Gasteiger partial charge >= 0.3 is 5.97 Å². The molecule has 3 atom stereocenters. The Hall–Kier alpha value is -2.51. The van der Waals surface area contributed by atoms with Crippen LogP contribution in [-0.4, -0.2) is 47.3 Å². The highest BCUT2D eigenvalue weighted by Crippen LogP contribution is 2.24. The van der Waals surface area contributed by atoms with Crippen LogP contribution in [0.25, 0.3) is 0 Å². The second-order valence-corrected chi connectivity index (χ2v) is 9.12. The zero-order chi connectivity index (χ0) is 22.9. The lowest BCUT2D eigenvalue weighted by Crippen LogP contribution is -2.39. The highest BCUT2D eigenvalue weighted by Gasteiger charge is 2.22. The fraction of sp³-hybridized carbons (Fsp3) is 0.346. The molecule has 32 heavy (non-hydrogen) atoms. The molecular weight excluding hydrogens is 422 g/mol. The van der Waals surface area contributed by atoms with Crippen LogP contribution in [0.1, 0.15) is 51.2 Å². The van der Waals surface area contributed by atoms with Crippen LogP contribution in [-0.2, 0) is 11.2 Å². The summed E-state index contributed by atoms with van der Waals surface area (Å²) in [4.78, 5) is 15.6. The molecule has 5 nitrogen and oxygen atoms in total. The van der Waals surface area contributed by atoms with Crippen molar-refractivity contribution in [3.8, 4) is 0 Å². The number of carbonyl (C=O) groups excluding carboxylic acids is 1. The molecule has 0 saturated heterocycles. The molecule has 3 rings (SSSR count). The van der Waals surface area contributed by atoms with E-state index in [2.05, 4.69) is 11.8 Å². The molecule has 2 N–H and O–H groups in total. The second-order valence-electron chi connectivity index (χ2n) is 7.95. The smallest absolute Gasteiger partial charge is 0.348 e. The molecule has 0 aliphatic carbocycles. The predicted octanol–water partition coefficient (Wildman–Crippen LogP) is 4.63. The number of rotatable bonds is 11. The summed E-state index contributed by atoms with van der Waals surface area (Å²) in [5.41, 5.74) is 1.72. The van der Waals surface area contributed by atoms with Gasteiger partial charge in [0.15, 0.2) is 0 Å². The van der Waals surface area contributed by atoms with Gasteiger partial charge in [-0.3, -0.25) is 4.90 Å². The Kier molecular flexibility index (Phi) is 9.00. The van der Waals surface area contributed by atoms with E-state index in [4.69, 9.17) is 4.74 Å². The number of hydrogen-bond acceptors (Lipinski definition) is 6. The maximum Gasteiger partial charge on any atom is 0.348 e. The molecule has 3 unspecified atom stereocenters. The summed E-state index contributed by atoms with van der Waals surface area (Å²) in [6, 6.07) is 23.1. The summed E-state index contributed by atoms with van der Waals surface area (Å²) in [6.07, 6.45) is 0.357. The van der Waals surface area contributed by atoms with E-state index >= 15 is 0 Å². The Morgan fingerprint density at radius 1 is 0.906 bits per heavy atom. The fourth-order valence-electron chi connectivity index (χ4n) is 3.70. The second kappa shape index (κ2) is 11.9. The zero-order valence-electron chi connectivity index (χ0n) is 18.6. The highest BCUT2D eigenvalue weighted by atomic mass is 32.1. The van der Waals surface area contributed by atoms with Gasteiger partial charge in [-0.25, -0.2) is 4.79 Å². The van der Waals surface area contributed by atoms with Crippen molar-refractivity contribution in [2.24, 2.45) is 0 Å². The fourth-order valence-corrected chi connectivity index (χ4v) is 4.64. The van der Waals surface area contributed by atoms with Crippen molar-refractivity contribution in [3.63, 3.8) is 0 Å². The number of esters is 1. The lowest BCUT2D eigenvalue weighted by molar-refractivity contribution is 0.0461. The third-order valence-electron chi connectivity index (χ3n) is 5.66. The van der Waals surface area contributed by atoms with E-state index in [1.54, 1.807) is 6.07 Å². The summed E-state index contributed by atoms with van der Waals surface area (Å²) in [7, 11) is 1.39. The van der Waals surface area contributed by atoms with Crippen LogP contribution in [0, 0.1) is 0 Å². The van der Waals surface area contributed by atoms with Crippen LogP contribution in [0.3, 0.4) is 0 Å². The third kappa shape index (κ3) is 6.74. The third-order valence-corrected chi connectivity index (χ3v) is 6.79. The number of methoxy groups -OCH3 is 1. The standard InChI is InChI=1S/C26H31NO4S/c1-19(13-14-22-15-16-25(32-22)26(30)31-2)27(17-23(28)20-9-5-3-6-10-20)18-24(29)21-11-7-4-8-12-21/h3-12,15-16,19,23-24,28-29H,13-14,17-18H2,1-2H3. The van der Waals surface area contributed by atoms with Crippen molar-refractivity contribution >= 4 is 17.3 Å². The van der Waals surface area contributed by atoms with E-state index < -0.39 is 12.2 Å². The first-order valence-electron chi connectivity index (χ1n) is 10.8. The molecule has 0 saturated carbocycles. The Morgan fingerprint density at radius 2 is 1.44 bits per heavy atom. The Bertz CT molecular complexity index is 913. The van der Waals surface area contributed by atoms with Crippen LogP contribution in [0.15, 0.2) is 72.8 Å². The van der Waals surface area contributed by atoms with Crippen molar-refractivity contribution < 1.29 is 19.7 Å². The van der Waals surface area contributed by atoms with Gasteiger partial charge in [-0.2, -0.15) is 0 Å². The van der Waals surface area contributed by atoms with Crippen molar-refractivity contribution in [3.05, 3.63) is 93.7 Å². The topological polar surface area (TPSA) is 70.0 Å². The first-order chi connectivity index (χ1) is 15.5. The molecule has 0 fully saturated rings. The average Bonchev–Trinajstić information content (AvgIpc) is 3.31. The molecule has 1 heterocycles. The summed E-state index contributed by atoms with van der Waals surface area (Å²) in [5.74, 6) is -0.312. The Labute approximate surface area is 193 Å². The van der Waals surface area contributed by atoms with Gasteiger partial charge in [0.1, 0.15) is 4.88 Å². The van der Waals surface area contributed by atoms with Crippen molar-refractivity contribution in [2.75, 3.05) is 20.2 Å². The van der Waals surface area contributed by atoms with Crippen LogP contribution in [0.2, 0.25) is 0 Å². The van der Waals surface area contributed by atoms with Gasteiger partial charge in [-0.15, -0.1) is 11.3 Å². The SMILES string of the molecule is COC(=O)c1ccc(CCC(C)N(CC(O)c2ccccc2)CC(O)c2ccccc2)s1. The van der Waals surface area contributed by atoms with Crippen LogP contribution in [0.4, 0.5) is 0 Å². The number of thiophene rings is 1. The molecule has 0 radical (unpaired) electrons. The molecule has 0 amide bonds. The minimum Gasteiger partial charge on any atom is -0.465 e. The Morgan fingerprint density at radius 3 is 1.94 bits per heavy atom. The van der Waals surface area contributed by atoms with Crippen molar-refractivity contribution in [1.82, 2.24) is 4.90 Å². The lowest BCUT2D eigenvalue weighted by atomic mass is 10.0. The van der Waals surface area contributed by atoms with Crippen molar-refractivity contribution in [1.29, 1.82) is 0 Å². The van der Waals surface area contributed by atoms with Crippen LogP contribution < -0.4 is 0 Å². The molecule has 170 valence electrons. The number of nitrogens with zero attached hydrogens (tertiary/aromatic N) is 1. The zero-order valence-corrected chi connectivity index (χ0v) is 19.4. The molecule has 1 aromatic heterocycles. The number of aryl methyl sites for hydroxylation is 1. The Balaban J connectivity index is 1.68. The van der Waals surface area contributed by atoms with Crippen LogP contribution in [0.5, 0.6) is 0 Å². The average molecular weight is 454 g/mol. The summed E-state index contributed by atoms with van der Waals surface area (Å²) < 4.78 is 4.79. The van der Waals surface area contributed by atoms with E-state index in [1.165, 1.54) is 18.4 Å². The lowest BCUT2D eigenvalue weighted by Gasteiger charge is -2.33. The largest absolute Gasteiger partial charge is 0.465 e. The molecule has 3 aromatic rings. The molecule has 0 aliphatic heterocycles. The van der Waals surface area contributed by atoms with E-state index in [0.29, 0.717) is 18.0 Å². The van der Waals surface area contributed by atoms with Gasteiger partial charge in [-0.1, -0.05) is 60.7 Å². The molecule has 2 aromatic carbocycles. The predicted molar refractivity (Wildman–Crippen MR) is 128 cm³/mol. The van der Waals surface area contributed by atoms with Gasteiger partial charge in [0.05, 0.1) is 19.3 Å². The van der Waals surface area contributed by atoms with Gasteiger partial charge < -0.3 is 14.9 Å². The van der Waals surface area contributed by atoms with Gasteiger partial charge in [-0.05, 0) is 43.0 Å². The monoisotopic (exact) mass is 453 g/mol. The molecule has 6 heteroatoms. The molecular formula is C26H31NO4S. The number of aliphatic hydroxyl groups excluding tert-OH is 2. The summed E-state index contributed by atoms with van der Waals surface area (Å²) >= 11 is 1.45. The highest BCUT2D eigenvalue weighted by molar-refractivity contribution is 7.13. The first-order valence-corrected chi connectivity index (χ1v) is 11.7. The quantitative estimate of drug-likeness (QED) is 0.415. The number of ether oxygens (including phenoxy) is 1. The number of benzene rings is 2. The minimum absolute atomic E-state index is 0.121. The van der Waals surface area contributed by atoms with E-state index in [-0.39, 0.29) is 12.0 Å². The van der Waals surface area contributed by atoms with E-state index in [9.17, 15) is 15.0 Å². The van der Waals surface area contributed by atoms with E-state index in [1.807, 2.05) is 66.7 Å². The molecule has 0 aliphatic rings. The van der Waals surface area contributed by atoms with Gasteiger partial charge in [0.25, 0.3) is 0 Å². The first kappa shape index (κ1) is 24.1. The van der Waals surface area contributed by atoms with Gasteiger partial charge in [0, 0.05) is 24.0 Å². The van der Waals surface area contributed by atoms with Crippen LogP contribution >= 0.6 is 11.3 Å². The van der Waals surface area contributed by atoms with Crippen molar-refractivity contribution in [2.45, 2.75) is 38.0 Å². The molecule has 0 bridgehead atoms. The minimum atomic E-state index is -0.644. The van der Waals surface area contributed by atoms with E-state index in [0.717, 1.165) is 28.8 Å². The maximum atomic E-state index is 11.7. The van der Waals surface area contributed by atoms with Gasteiger partial charge in [0.2, 0.25) is 0 Å². The molecule has 0 spiro atoms. The summed E-state index contributed by atoms with van der Waals surface area (Å²) in [5, 5.41) is 21.7.